The van der Waals surface area contributed by atoms with Crippen molar-refractivity contribution in [1.82, 2.24) is 19.6 Å². The highest BCUT2D eigenvalue weighted by molar-refractivity contribution is 5.74. The Kier molecular flexibility index (Phi) is 5.38. The Morgan fingerprint density at radius 1 is 1.28 bits per heavy atom. The Morgan fingerprint density at radius 2 is 2.04 bits per heavy atom. The zero-order valence-electron chi connectivity index (χ0n) is 15.2. The third-order valence-electron chi connectivity index (χ3n) is 4.79. The summed E-state index contributed by atoms with van der Waals surface area (Å²) in [6, 6.07) is 8.09. The predicted molar refractivity (Wildman–Crippen MR) is 96.3 cm³/mol. The fourth-order valence-electron chi connectivity index (χ4n) is 3.39. The van der Waals surface area contributed by atoms with E-state index in [0.717, 1.165) is 44.0 Å². The molecule has 3 rings (SSSR count). The van der Waals surface area contributed by atoms with E-state index in [9.17, 15) is 4.79 Å². The van der Waals surface area contributed by atoms with Crippen molar-refractivity contribution in [3.05, 3.63) is 47.8 Å². The molecule has 1 amide bonds. The third-order valence-corrected chi connectivity index (χ3v) is 4.79. The number of ether oxygens (including phenoxy) is 1. The van der Waals surface area contributed by atoms with E-state index >= 15 is 0 Å². The topological polar surface area (TPSA) is 50.6 Å². The first kappa shape index (κ1) is 17.5. The fraction of sp³-hybridized carbons (Fsp3) is 0.474. The van der Waals surface area contributed by atoms with Gasteiger partial charge in [0.2, 0.25) is 5.91 Å². The summed E-state index contributed by atoms with van der Waals surface area (Å²) in [5.41, 5.74) is 2.36. The number of hydrogen-bond donors (Lipinski definition) is 0. The minimum atomic E-state index is 0.0679. The first-order valence-electron chi connectivity index (χ1n) is 8.75. The normalized spacial score (nSPS) is 18.4. The van der Waals surface area contributed by atoms with Crippen LogP contribution in [-0.2, 0) is 17.9 Å². The Labute approximate surface area is 149 Å². The van der Waals surface area contributed by atoms with E-state index in [1.54, 1.807) is 14.0 Å². The van der Waals surface area contributed by atoms with Crippen LogP contribution in [0.5, 0.6) is 5.75 Å². The maximum atomic E-state index is 12.1. The number of methoxy groups -OCH3 is 1. The second kappa shape index (κ2) is 7.70. The van der Waals surface area contributed by atoms with E-state index in [0.29, 0.717) is 0 Å². The van der Waals surface area contributed by atoms with Gasteiger partial charge < -0.3 is 9.64 Å². The lowest BCUT2D eigenvalue weighted by Gasteiger charge is -2.41. The molecule has 1 aromatic carbocycles. The van der Waals surface area contributed by atoms with Crippen LogP contribution in [0.1, 0.15) is 31.0 Å². The van der Waals surface area contributed by atoms with Crippen molar-refractivity contribution in [3.63, 3.8) is 0 Å². The number of aryl methyl sites for hydroxylation is 1. The molecule has 1 atom stereocenters. The Bertz CT molecular complexity index is 710. The highest BCUT2D eigenvalue weighted by atomic mass is 16.5. The van der Waals surface area contributed by atoms with Gasteiger partial charge in [0, 0.05) is 51.4 Å². The largest absolute Gasteiger partial charge is 0.497 e. The summed E-state index contributed by atoms with van der Waals surface area (Å²) in [6.45, 7) is 7.92. The van der Waals surface area contributed by atoms with Crippen molar-refractivity contribution < 1.29 is 9.53 Å². The molecule has 0 aliphatic carbocycles. The maximum Gasteiger partial charge on any atom is 0.220 e. The lowest BCUT2D eigenvalue weighted by molar-refractivity contribution is -0.134. The predicted octanol–water partition coefficient (Wildman–Crippen LogP) is 2.32. The lowest BCUT2D eigenvalue weighted by atomic mass is 10.0. The zero-order chi connectivity index (χ0) is 17.8. The molecule has 134 valence electrons. The zero-order valence-corrected chi connectivity index (χ0v) is 15.2. The molecular weight excluding hydrogens is 316 g/mol. The average molecular weight is 342 g/mol. The number of carbonyl (C=O) groups is 1. The minimum absolute atomic E-state index is 0.0679. The molecule has 25 heavy (non-hydrogen) atoms. The van der Waals surface area contributed by atoms with Gasteiger partial charge >= 0.3 is 0 Å². The summed E-state index contributed by atoms with van der Waals surface area (Å²) < 4.78 is 7.19. The average Bonchev–Trinajstić information content (AvgIpc) is 3.09. The van der Waals surface area contributed by atoms with Gasteiger partial charge in [-0.25, -0.2) is 0 Å². The van der Waals surface area contributed by atoms with Gasteiger partial charge in [-0.3, -0.25) is 14.4 Å². The number of hydrogen-bond acceptors (Lipinski definition) is 4. The molecule has 1 fully saturated rings. The number of amides is 1. The molecular formula is C19H26N4O2. The SMILES string of the molecule is CCn1cc(CN2CCN(C(C)=O)[C@@H](c3ccc(OC)cc3)C2)cn1. The second-order valence-corrected chi connectivity index (χ2v) is 6.44. The van der Waals surface area contributed by atoms with Crippen LogP contribution in [0, 0.1) is 0 Å². The van der Waals surface area contributed by atoms with Crippen LogP contribution in [0.4, 0.5) is 0 Å². The number of nitrogens with zero attached hydrogens (tertiary/aromatic N) is 4. The van der Waals surface area contributed by atoms with Crippen molar-refractivity contribution in [2.75, 3.05) is 26.7 Å². The summed E-state index contributed by atoms with van der Waals surface area (Å²) in [5.74, 6) is 0.956. The van der Waals surface area contributed by atoms with Crippen LogP contribution in [0.3, 0.4) is 0 Å². The Balaban J connectivity index is 1.75. The molecule has 0 radical (unpaired) electrons. The van der Waals surface area contributed by atoms with Gasteiger partial charge in [0.15, 0.2) is 0 Å². The quantitative estimate of drug-likeness (QED) is 0.837. The van der Waals surface area contributed by atoms with Crippen molar-refractivity contribution in [2.24, 2.45) is 0 Å². The second-order valence-electron chi connectivity index (χ2n) is 6.44. The highest BCUT2D eigenvalue weighted by Gasteiger charge is 2.30. The van der Waals surface area contributed by atoms with Gasteiger partial charge in [-0.05, 0) is 24.6 Å². The molecule has 1 aromatic heterocycles. The van der Waals surface area contributed by atoms with Gasteiger partial charge in [0.25, 0.3) is 0 Å². The van der Waals surface area contributed by atoms with E-state index in [1.165, 1.54) is 5.56 Å². The van der Waals surface area contributed by atoms with E-state index in [1.807, 2.05) is 27.9 Å². The first-order chi connectivity index (χ1) is 12.1. The molecule has 0 bridgehead atoms. The molecule has 1 saturated heterocycles. The molecule has 1 aliphatic heterocycles. The van der Waals surface area contributed by atoms with Crippen LogP contribution >= 0.6 is 0 Å². The van der Waals surface area contributed by atoms with Gasteiger partial charge in [-0.15, -0.1) is 0 Å². The van der Waals surface area contributed by atoms with E-state index < -0.39 is 0 Å². The van der Waals surface area contributed by atoms with Crippen molar-refractivity contribution in [2.45, 2.75) is 33.0 Å². The van der Waals surface area contributed by atoms with E-state index in [-0.39, 0.29) is 11.9 Å². The summed E-state index contributed by atoms with van der Waals surface area (Å²) in [4.78, 5) is 16.4. The fourth-order valence-corrected chi connectivity index (χ4v) is 3.39. The summed E-state index contributed by atoms with van der Waals surface area (Å²) in [7, 11) is 1.66. The maximum absolute atomic E-state index is 12.1. The molecule has 0 saturated carbocycles. The number of benzene rings is 1. The molecule has 1 aliphatic rings. The van der Waals surface area contributed by atoms with E-state index in [4.69, 9.17) is 4.74 Å². The molecule has 6 nitrogen and oxygen atoms in total. The van der Waals surface area contributed by atoms with Crippen LogP contribution in [0.15, 0.2) is 36.7 Å². The van der Waals surface area contributed by atoms with Gasteiger partial charge in [0.05, 0.1) is 19.3 Å². The standard InChI is InChI=1S/C19H26N4O2/c1-4-22-13-16(11-20-22)12-21-9-10-23(15(2)24)19(14-21)17-5-7-18(25-3)8-6-17/h5-8,11,13,19H,4,9-10,12,14H2,1-3H3/t19-/m1/s1. The number of aromatic nitrogens is 2. The van der Waals surface area contributed by atoms with E-state index in [2.05, 4.69) is 35.3 Å². The Hall–Kier alpha value is -2.34. The number of carbonyl (C=O) groups excluding carboxylic acids is 1. The van der Waals surface area contributed by atoms with Crippen molar-refractivity contribution in [1.29, 1.82) is 0 Å². The third kappa shape index (κ3) is 4.02. The molecule has 2 aromatic rings. The summed E-state index contributed by atoms with van der Waals surface area (Å²) in [6.07, 6.45) is 4.03. The van der Waals surface area contributed by atoms with Gasteiger partial charge in [-0.2, -0.15) is 5.10 Å². The molecule has 6 heteroatoms. The lowest BCUT2D eigenvalue weighted by Crippen LogP contribution is -2.49. The summed E-state index contributed by atoms with van der Waals surface area (Å²) in [5, 5.41) is 4.35. The minimum Gasteiger partial charge on any atom is -0.497 e. The summed E-state index contributed by atoms with van der Waals surface area (Å²) >= 11 is 0. The van der Waals surface area contributed by atoms with Crippen LogP contribution in [0.25, 0.3) is 0 Å². The monoisotopic (exact) mass is 342 g/mol. The van der Waals surface area contributed by atoms with Crippen LogP contribution in [-0.4, -0.2) is 52.2 Å². The highest BCUT2D eigenvalue weighted by Crippen LogP contribution is 2.28. The van der Waals surface area contributed by atoms with Gasteiger partial charge in [-0.1, -0.05) is 12.1 Å². The van der Waals surface area contributed by atoms with Crippen LogP contribution < -0.4 is 4.74 Å². The molecule has 0 N–H and O–H groups in total. The van der Waals surface area contributed by atoms with Crippen molar-refractivity contribution in [3.8, 4) is 5.75 Å². The number of rotatable bonds is 5. The van der Waals surface area contributed by atoms with Crippen molar-refractivity contribution >= 4 is 5.91 Å². The van der Waals surface area contributed by atoms with Gasteiger partial charge in [0.1, 0.15) is 5.75 Å². The smallest absolute Gasteiger partial charge is 0.220 e. The first-order valence-corrected chi connectivity index (χ1v) is 8.75. The number of piperazine rings is 1. The molecule has 0 unspecified atom stereocenters. The molecule has 2 heterocycles. The Morgan fingerprint density at radius 3 is 2.64 bits per heavy atom. The molecule has 0 spiro atoms. The van der Waals surface area contributed by atoms with Crippen LogP contribution in [0.2, 0.25) is 0 Å².